The summed E-state index contributed by atoms with van der Waals surface area (Å²) < 4.78 is 11.0. The van der Waals surface area contributed by atoms with E-state index in [9.17, 15) is 0 Å². The van der Waals surface area contributed by atoms with Crippen LogP contribution in [0.1, 0.15) is 56.1 Å². The second-order valence-electron chi connectivity index (χ2n) is 13.6. The van der Waals surface area contributed by atoms with Crippen molar-refractivity contribution in [2.45, 2.75) is 57.7 Å². The van der Waals surface area contributed by atoms with E-state index in [1.165, 1.54) is 63.5 Å². The quantitative estimate of drug-likeness (QED) is 0.291. The maximum absolute atomic E-state index is 8.36. The van der Waals surface area contributed by atoms with E-state index in [1.807, 2.05) is 0 Å². The number of benzene rings is 2. The molecule has 4 aliphatic carbocycles. The zero-order valence-electron chi connectivity index (χ0n) is 26.9. The van der Waals surface area contributed by atoms with Crippen molar-refractivity contribution in [2.24, 2.45) is 0 Å². The topological polar surface area (TPSA) is 18.5 Å². The SMILES string of the molecule is COc1ccc(C2C=CC=CC3=C2C2=C(C)[CH]3[Zr]([Cl])([Cl])[C]34CCCC[SiH]2C(=C3C)C2=C4C=CC=CC2c2ccc(OC)cc2)cc1. The monoisotopic (exact) mass is 740 g/mol. The number of hydrogen-bond donors (Lipinski definition) is 0. The molecule has 5 atom stereocenters. The molecule has 0 saturated carbocycles. The summed E-state index contributed by atoms with van der Waals surface area (Å²) in [5.41, 5.74) is 11.5. The van der Waals surface area contributed by atoms with Crippen molar-refractivity contribution in [3.8, 4) is 11.5 Å². The third-order valence-electron chi connectivity index (χ3n) is 11.7. The minimum atomic E-state index is -4.23. The van der Waals surface area contributed by atoms with Crippen LogP contribution in [-0.2, 0) is 17.9 Å². The van der Waals surface area contributed by atoms with E-state index in [-0.39, 0.29) is 18.6 Å². The van der Waals surface area contributed by atoms with Crippen molar-refractivity contribution < 1.29 is 27.4 Å². The molecule has 0 saturated heterocycles. The average molecular weight is 743 g/mol. The molecule has 0 aromatic heterocycles. The molecule has 0 fully saturated rings. The van der Waals surface area contributed by atoms with Crippen LogP contribution in [0.5, 0.6) is 11.5 Å². The summed E-state index contributed by atoms with van der Waals surface area (Å²) in [6, 6.07) is 18.7. The third-order valence-corrected chi connectivity index (χ3v) is 30.6. The molecule has 0 amide bonds. The Hall–Kier alpha value is -2.36. The van der Waals surface area contributed by atoms with Gasteiger partial charge in [0.15, 0.2) is 0 Å². The van der Waals surface area contributed by atoms with E-state index in [0.717, 1.165) is 17.9 Å². The van der Waals surface area contributed by atoms with Gasteiger partial charge in [-0.25, -0.2) is 0 Å². The molecular formula is C40H40Cl2O2SiZr. The molecule has 2 heterocycles. The first-order valence-electron chi connectivity index (χ1n) is 16.6. The zero-order valence-corrected chi connectivity index (χ0v) is 32.1. The molecule has 8 rings (SSSR count). The van der Waals surface area contributed by atoms with Crippen molar-refractivity contribution in [2.75, 3.05) is 14.2 Å². The number of halogens is 2. The van der Waals surface area contributed by atoms with E-state index in [1.54, 1.807) is 24.6 Å². The van der Waals surface area contributed by atoms with Gasteiger partial charge in [-0.05, 0) is 0 Å². The van der Waals surface area contributed by atoms with Gasteiger partial charge in [0.1, 0.15) is 0 Å². The van der Waals surface area contributed by atoms with Crippen molar-refractivity contribution in [3.05, 3.63) is 152 Å². The second kappa shape index (κ2) is 11.7. The van der Waals surface area contributed by atoms with Gasteiger partial charge in [-0.15, -0.1) is 0 Å². The summed E-state index contributed by atoms with van der Waals surface area (Å²) in [5.74, 6) is 2.09. The Morgan fingerprint density at radius 1 is 0.739 bits per heavy atom. The molecule has 2 aromatic carbocycles. The van der Waals surface area contributed by atoms with Crippen LogP contribution in [0.4, 0.5) is 0 Å². The van der Waals surface area contributed by atoms with Gasteiger partial charge >= 0.3 is 289 Å². The van der Waals surface area contributed by atoms with Gasteiger partial charge in [0.25, 0.3) is 0 Å². The Kier molecular flexibility index (Phi) is 7.84. The molecular weight excluding hydrogens is 703 g/mol. The standard InChI is InChI=1S/C40H40O2Si.2ClH.Zr/c1-26-25-30-11-5-6-13-34(28-16-20-31(41-3)21-17-28)37(30)39(26)43-24-10-9-12-33-27(2)40(43)38-35(14-7-8-15-36(33)38)29-18-22-32(42-4)23-19-29;;;/h5-8,11,13-23,25,34-35,43H,9-10,12,24H2,1-4H3;2*1H;/q;;;+2/p-2. The van der Waals surface area contributed by atoms with Crippen molar-refractivity contribution >= 4 is 25.8 Å². The Balaban J connectivity index is 1.39. The van der Waals surface area contributed by atoms with Crippen LogP contribution in [0.25, 0.3) is 0 Å². The first-order valence-corrected chi connectivity index (χ1v) is 27.5. The van der Waals surface area contributed by atoms with Crippen LogP contribution in [0, 0.1) is 0 Å². The minimum absolute atomic E-state index is 0.125. The van der Waals surface area contributed by atoms with Gasteiger partial charge in [0.2, 0.25) is 0 Å². The van der Waals surface area contributed by atoms with Crippen LogP contribution < -0.4 is 9.47 Å². The molecule has 2 aromatic rings. The van der Waals surface area contributed by atoms with Gasteiger partial charge in [-0.1, -0.05) is 0 Å². The van der Waals surface area contributed by atoms with Gasteiger partial charge in [-0.2, -0.15) is 0 Å². The summed E-state index contributed by atoms with van der Waals surface area (Å²) >= 11 is -4.23. The molecule has 6 aliphatic rings. The predicted molar refractivity (Wildman–Crippen MR) is 191 cm³/mol. The zero-order chi connectivity index (χ0) is 31.8. The Bertz CT molecular complexity index is 1870. The van der Waals surface area contributed by atoms with Gasteiger partial charge in [0.05, 0.1) is 0 Å². The van der Waals surface area contributed by atoms with E-state index in [4.69, 9.17) is 26.5 Å². The second-order valence-corrected chi connectivity index (χ2v) is 31.2. The van der Waals surface area contributed by atoms with E-state index in [2.05, 4.69) is 111 Å². The van der Waals surface area contributed by atoms with Gasteiger partial charge in [0, 0.05) is 0 Å². The molecule has 234 valence electrons. The number of fused-ring (bicyclic) bond motifs is 4. The van der Waals surface area contributed by atoms with E-state index >= 15 is 0 Å². The summed E-state index contributed by atoms with van der Waals surface area (Å²) in [7, 11) is 18.5. The number of rotatable bonds is 4. The number of allylic oxidation sites excluding steroid dienone is 16. The third kappa shape index (κ3) is 4.29. The van der Waals surface area contributed by atoms with Crippen molar-refractivity contribution in [1.29, 1.82) is 0 Å². The van der Waals surface area contributed by atoms with Crippen LogP contribution in [0.15, 0.2) is 141 Å². The van der Waals surface area contributed by atoms with Crippen molar-refractivity contribution in [1.82, 2.24) is 0 Å². The molecule has 0 spiro atoms. The molecule has 0 radical (unpaired) electrons. The molecule has 2 nitrogen and oxygen atoms in total. The molecule has 5 unspecified atom stereocenters. The Morgan fingerprint density at radius 2 is 1.33 bits per heavy atom. The van der Waals surface area contributed by atoms with Crippen LogP contribution >= 0.6 is 17.0 Å². The number of ether oxygens (including phenoxy) is 2. The van der Waals surface area contributed by atoms with Gasteiger partial charge in [-0.3, -0.25) is 0 Å². The fourth-order valence-electron chi connectivity index (χ4n) is 9.77. The molecule has 6 heteroatoms. The average Bonchev–Trinajstić information content (AvgIpc) is 3.27. The summed E-state index contributed by atoms with van der Waals surface area (Å²) in [5, 5.41) is 3.30. The fourth-order valence-corrected chi connectivity index (χ4v) is 31.1. The van der Waals surface area contributed by atoms with Crippen LogP contribution in [-0.4, -0.2) is 23.0 Å². The fraction of sp³-hybridized carbons (Fsp3) is 0.300. The number of hydrogen-bond acceptors (Lipinski definition) is 2. The van der Waals surface area contributed by atoms with Crippen LogP contribution in [0.2, 0.25) is 12.8 Å². The first kappa shape index (κ1) is 30.9. The molecule has 46 heavy (non-hydrogen) atoms. The number of methoxy groups -OCH3 is 2. The first-order chi connectivity index (χ1) is 22.3. The predicted octanol–water partition coefficient (Wildman–Crippen LogP) is 11.0. The normalized spacial score (nSPS) is 30.5. The summed E-state index contributed by atoms with van der Waals surface area (Å²) in [4.78, 5) is 0. The molecule has 0 N–H and O–H groups in total. The molecule has 2 aliphatic heterocycles. The van der Waals surface area contributed by atoms with Crippen molar-refractivity contribution in [3.63, 3.8) is 0 Å². The van der Waals surface area contributed by atoms with Crippen LogP contribution in [0.3, 0.4) is 0 Å². The van der Waals surface area contributed by atoms with E-state index in [0.29, 0.717) is 0 Å². The molecule has 5 bridgehead atoms. The summed E-state index contributed by atoms with van der Waals surface area (Å²) in [6.07, 6.45) is 22.0. The Morgan fingerprint density at radius 3 is 1.93 bits per heavy atom. The maximum atomic E-state index is 8.36. The van der Waals surface area contributed by atoms with E-state index < -0.39 is 26.7 Å². The van der Waals surface area contributed by atoms with Gasteiger partial charge < -0.3 is 0 Å². The Labute approximate surface area is 286 Å². The summed E-state index contributed by atoms with van der Waals surface area (Å²) in [6.45, 7) is 4.85.